The van der Waals surface area contributed by atoms with Gasteiger partial charge in [0.1, 0.15) is 5.12 Å². The number of rotatable bonds is 1. The Morgan fingerprint density at radius 3 is 2.28 bits per heavy atom. The zero-order valence-electron chi connectivity index (χ0n) is 20.1. The molecule has 1 unspecified atom stereocenters. The van der Waals surface area contributed by atoms with Gasteiger partial charge in [-0.05, 0) is 69.3 Å². The summed E-state index contributed by atoms with van der Waals surface area (Å²) in [6.07, 6.45) is 6.57. The second-order valence-corrected chi connectivity index (χ2v) is 11.7. The smallest absolute Gasteiger partial charge is 0.102 e. The zero-order chi connectivity index (χ0) is 23.8. The Kier molecular flexibility index (Phi) is 4.21. The van der Waals surface area contributed by atoms with E-state index >= 15 is 0 Å². The van der Waals surface area contributed by atoms with Crippen molar-refractivity contribution in [2.75, 3.05) is 0 Å². The highest BCUT2D eigenvalue weighted by atomic mass is 31.1. The van der Waals surface area contributed by atoms with Crippen molar-refractivity contribution < 1.29 is 8.50 Å². The largest absolute Gasteiger partial charge is 0.448 e. The Morgan fingerprint density at radius 1 is 0.722 bits per heavy atom. The van der Waals surface area contributed by atoms with E-state index in [0.29, 0.717) is 0 Å². The molecule has 0 saturated carbocycles. The summed E-state index contributed by atoms with van der Waals surface area (Å²) in [5.41, 5.74) is 8.43. The quantitative estimate of drug-likeness (QED) is 0.229. The molecule has 2 bridgehead atoms. The topological polar surface area (TPSA) is 7.98 Å². The van der Waals surface area contributed by atoms with Gasteiger partial charge in [-0.25, -0.2) is 0 Å². The van der Waals surface area contributed by atoms with Gasteiger partial charge in [-0.2, -0.15) is 0 Å². The lowest BCUT2D eigenvalue weighted by Crippen LogP contribution is -2.35. The van der Waals surface area contributed by atoms with Gasteiger partial charge in [-0.3, -0.25) is 0 Å². The molecule has 170 valence electrons. The molecule has 1 aliphatic rings. The second kappa shape index (κ2) is 7.50. The third-order valence-corrected chi connectivity index (χ3v) is 10.3. The van der Waals surface area contributed by atoms with Crippen LogP contribution in [0.3, 0.4) is 0 Å². The molecule has 2 nitrogen and oxygen atoms in total. The van der Waals surface area contributed by atoms with Crippen LogP contribution in [0.1, 0.15) is 23.6 Å². The summed E-state index contributed by atoms with van der Waals surface area (Å²) in [6, 6.07) is 36.2. The maximum atomic E-state index is 2.58. The average Bonchev–Trinajstić information content (AvgIpc) is 3.29. The van der Waals surface area contributed by atoms with E-state index in [1.807, 2.05) is 0 Å². The summed E-state index contributed by atoms with van der Waals surface area (Å²) in [5, 5.41) is 8.27. The standard InChI is InChI=1S/C33H25N2P/c1-2-26-24-19-22-11-3-5-13-27(22)31(26)29-15-7-9-17-34(29)36-33-25(21-24)20-23-12-4-6-14-28(23)32(33)30-16-8-10-18-35(30)36/h3-20H,2,21H2,1H3/q+2. The van der Waals surface area contributed by atoms with Crippen LogP contribution >= 0.6 is 7.84 Å². The molecule has 0 amide bonds. The molecule has 4 aromatic carbocycles. The van der Waals surface area contributed by atoms with Crippen molar-refractivity contribution in [1.82, 2.24) is 0 Å². The molecule has 0 aliphatic carbocycles. The lowest BCUT2D eigenvalue weighted by Gasteiger charge is -2.15. The summed E-state index contributed by atoms with van der Waals surface area (Å²) in [6.45, 7) is 2.31. The van der Waals surface area contributed by atoms with Crippen LogP contribution in [0.25, 0.3) is 48.8 Å². The third-order valence-electron chi connectivity index (χ3n) is 7.88. The lowest BCUT2D eigenvalue weighted by molar-refractivity contribution is -0.562. The first kappa shape index (κ1) is 20.2. The molecule has 0 N–H and O–H groups in total. The molecule has 0 spiro atoms. The van der Waals surface area contributed by atoms with Crippen LogP contribution in [0, 0.1) is 0 Å². The Bertz CT molecular complexity index is 2010. The Balaban J connectivity index is 1.69. The SMILES string of the molecule is CCc1c2cc3ccccc3c1-c1cccc[n+]1-p1c3c(cc4ccccc4c3c3cccc[n+]31)C2. The molecule has 0 fully saturated rings. The second-order valence-electron chi connectivity index (χ2n) is 9.77. The molecule has 3 heteroatoms. The fraction of sp³-hybridized carbons (Fsp3) is 0.0909. The fourth-order valence-corrected chi connectivity index (χ4v) is 9.06. The molecule has 1 aliphatic heterocycles. The molecule has 4 heterocycles. The zero-order valence-corrected chi connectivity index (χ0v) is 21.0. The van der Waals surface area contributed by atoms with Gasteiger partial charge in [0.05, 0.1) is 10.9 Å². The van der Waals surface area contributed by atoms with E-state index in [2.05, 4.69) is 125 Å². The minimum absolute atomic E-state index is 0.823. The highest BCUT2D eigenvalue weighted by Crippen LogP contribution is 2.45. The molecule has 1 atom stereocenters. The summed E-state index contributed by atoms with van der Waals surface area (Å²) in [4.78, 5) is 0. The van der Waals surface area contributed by atoms with Gasteiger partial charge in [0, 0.05) is 24.3 Å². The van der Waals surface area contributed by atoms with E-state index in [1.165, 1.54) is 65.5 Å². The van der Waals surface area contributed by atoms with Crippen molar-refractivity contribution in [1.29, 1.82) is 0 Å². The first-order valence-corrected chi connectivity index (χ1v) is 14.0. The van der Waals surface area contributed by atoms with Gasteiger partial charge in [-0.15, -0.1) is 8.50 Å². The number of fused-ring (bicyclic) bond motifs is 12. The van der Waals surface area contributed by atoms with Crippen molar-refractivity contribution in [3.63, 3.8) is 0 Å². The van der Waals surface area contributed by atoms with E-state index in [4.69, 9.17) is 0 Å². The molecule has 0 radical (unpaired) electrons. The van der Waals surface area contributed by atoms with Crippen molar-refractivity contribution in [3.8, 4) is 11.3 Å². The fourth-order valence-electron chi connectivity index (χ4n) is 6.44. The van der Waals surface area contributed by atoms with Crippen molar-refractivity contribution >= 4 is 45.4 Å². The van der Waals surface area contributed by atoms with Gasteiger partial charge in [0.2, 0.25) is 11.2 Å². The number of hydrogen-bond acceptors (Lipinski definition) is 0. The normalized spacial score (nSPS) is 13.1. The average molecular weight is 481 g/mol. The first-order valence-electron chi connectivity index (χ1n) is 12.7. The van der Waals surface area contributed by atoms with Crippen LogP contribution in [0.2, 0.25) is 0 Å². The van der Waals surface area contributed by atoms with Crippen molar-refractivity contribution in [2.45, 2.75) is 19.8 Å². The number of aromatic nitrogens is 2. The van der Waals surface area contributed by atoms with Crippen LogP contribution in [0.15, 0.2) is 109 Å². The predicted molar refractivity (Wildman–Crippen MR) is 150 cm³/mol. The molecule has 7 aromatic rings. The molecular formula is C33H25N2P+2. The summed E-state index contributed by atoms with van der Waals surface area (Å²) >= 11 is 0. The van der Waals surface area contributed by atoms with E-state index in [-0.39, 0.29) is 0 Å². The molecular weight excluding hydrogens is 455 g/mol. The minimum atomic E-state index is -0.823. The van der Waals surface area contributed by atoms with Gasteiger partial charge in [0.25, 0.3) is 0 Å². The van der Waals surface area contributed by atoms with E-state index in [9.17, 15) is 0 Å². The number of benzene rings is 4. The van der Waals surface area contributed by atoms with Crippen LogP contribution < -0.4 is 8.50 Å². The highest BCUT2D eigenvalue weighted by molar-refractivity contribution is 7.42. The predicted octanol–water partition coefficient (Wildman–Crippen LogP) is 7.60. The van der Waals surface area contributed by atoms with E-state index in [1.54, 1.807) is 0 Å². The highest BCUT2D eigenvalue weighted by Gasteiger charge is 2.36. The van der Waals surface area contributed by atoms with E-state index < -0.39 is 7.84 Å². The Hall–Kier alpha value is -4.00. The maximum absolute atomic E-state index is 2.58. The van der Waals surface area contributed by atoms with Crippen LogP contribution in [0.5, 0.6) is 0 Å². The van der Waals surface area contributed by atoms with Crippen LogP contribution in [-0.4, -0.2) is 0 Å². The van der Waals surface area contributed by atoms with E-state index in [0.717, 1.165) is 12.8 Å². The summed E-state index contributed by atoms with van der Waals surface area (Å²) < 4.78 is 5.13. The number of hydrogen-bond donors (Lipinski definition) is 0. The molecule has 0 saturated heterocycles. The maximum Gasteiger partial charge on any atom is 0.448 e. The monoisotopic (exact) mass is 480 g/mol. The Labute approximate surface area is 210 Å². The van der Waals surface area contributed by atoms with Crippen molar-refractivity contribution in [2.24, 2.45) is 0 Å². The lowest BCUT2D eigenvalue weighted by atomic mass is 9.87. The summed E-state index contributed by atoms with van der Waals surface area (Å²) in [5.74, 6) is 0. The Morgan fingerprint density at radius 2 is 1.42 bits per heavy atom. The first-order chi connectivity index (χ1) is 17.8. The van der Waals surface area contributed by atoms with Gasteiger partial charge in [0.15, 0.2) is 12.4 Å². The van der Waals surface area contributed by atoms with Gasteiger partial charge >= 0.3 is 7.84 Å². The summed E-state index contributed by atoms with van der Waals surface area (Å²) in [7, 11) is -0.823. The molecule has 36 heavy (non-hydrogen) atoms. The van der Waals surface area contributed by atoms with Crippen molar-refractivity contribution in [3.05, 3.63) is 126 Å². The number of nitrogens with zero attached hydrogens (tertiary/aromatic N) is 2. The molecule has 8 rings (SSSR count). The minimum Gasteiger partial charge on any atom is -0.102 e. The molecule has 3 aromatic heterocycles. The van der Waals surface area contributed by atoms with Gasteiger partial charge < -0.3 is 0 Å². The third kappa shape index (κ3) is 2.63. The van der Waals surface area contributed by atoms with Gasteiger partial charge in [-0.1, -0.05) is 61.5 Å². The number of pyridine rings is 2. The van der Waals surface area contributed by atoms with Crippen LogP contribution in [0.4, 0.5) is 0 Å². The van der Waals surface area contributed by atoms with Crippen LogP contribution in [-0.2, 0) is 12.8 Å².